The van der Waals surface area contributed by atoms with Gasteiger partial charge in [0.15, 0.2) is 0 Å². The fourth-order valence-electron chi connectivity index (χ4n) is 2.18. The van der Waals surface area contributed by atoms with Crippen molar-refractivity contribution >= 4 is 35.0 Å². The van der Waals surface area contributed by atoms with E-state index in [0.717, 1.165) is 5.69 Å². The highest BCUT2D eigenvalue weighted by atomic mass is 35.5. The van der Waals surface area contributed by atoms with E-state index in [0.29, 0.717) is 27.1 Å². The van der Waals surface area contributed by atoms with E-state index in [9.17, 15) is 4.79 Å². The molecule has 7 heteroatoms. The smallest absolute Gasteiger partial charge is 0.243 e. The average Bonchev–Trinajstić information content (AvgIpc) is 2.93. The van der Waals surface area contributed by atoms with Gasteiger partial charge in [0, 0.05) is 29.4 Å². The molecule has 0 saturated carbocycles. The zero-order chi connectivity index (χ0) is 16.6. The minimum atomic E-state index is -0.728. The number of aromatic nitrogens is 1. The first-order valence-corrected chi connectivity index (χ1v) is 7.64. The molecule has 1 aliphatic heterocycles. The summed E-state index contributed by atoms with van der Waals surface area (Å²) in [6, 6.07) is 8.70. The largest absolute Gasteiger partial charge is 0.446 e. The molecule has 1 aromatic carbocycles. The predicted octanol–water partition coefficient (Wildman–Crippen LogP) is 3.94. The highest BCUT2D eigenvalue weighted by Crippen LogP contribution is 2.35. The Morgan fingerprint density at radius 2 is 2.04 bits per heavy atom. The molecule has 118 valence electrons. The maximum absolute atomic E-state index is 11.9. The number of hydrazone groups is 1. The maximum Gasteiger partial charge on any atom is 0.243 e. The Bertz CT molecular complexity index is 790. The van der Waals surface area contributed by atoms with Crippen molar-refractivity contribution < 1.29 is 9.53 Å². The van der Waals surface area contributed by atoms with Crippen LogP contribution < -0.4 is 0 Å². The molecule has 0 N–H and O–H groups in total. The second-order valence-corrected chi connectivity index (χ2v) is 5.94. The summed E-state index contributed by atoms with van der Waals surface area (Å²) in [4.78, 5) is 16.1. The van der Waals surface area contributed by atoms with Gasteiger partial charge in [0.05, 0.1) is 10.6 Å². The number of pyridine rings is 1. The minimum absolute atomic E-state index is 0.254. The van der Waals surface area contributed by atoms with Crippen LogP contribution >= 0.6 is 23.2 Å². The zero-order valence-corrected chi connectivity index (χ0v) is 14.0. The quantitative estimate of drug-likeness (QED) is 0.825. The summed E-state index contributed by atoms with van der Waals surface area (Å²) in [5.74, 6) is 0.0693. The zero-order valence-electron chi connectivity index (χ0n) is 12.5. The van der Waals surface area contributed by atoms with E-state index in [-0.39, 0.29) is 5.91 Å². The molecule has 5 nitrogen and oxygen atoms in total. The third kappa shape index (κ3) is 3.16. The number of carbonyl (C=O) groups is 1. The van der Waals surface area contributed by atoms with Crippen LogP contribution in [-0.2, 0) is 9.53 Å². The fraction of sp³-hybridized carbons (Fsp3) is 0.188. The molecule has 0 fully saturated rings. The van der Waals surface area contributed by atoms with Crippen molar-refractivity contribution in [2.24, 2.45) is 5.10 Å². The van der Waals surface area contributed by atoms with E-state index < -0.39 is 6.23 Å². The van der Waals surface area contributed by atoms with Crippen molar-refractivity contribution in [2.45, 2.75) is 20.1 Å². The van der Waals surface area contributed by atoms with Crippen molar-refractivity contribution in [2.75, 3.05) is 0 Å². The number of aryl methyl sites for hydroxylation is 1. The molecule has 1 unspecified atom stereocenters. The first kappa shape index (κ1) is 15.8. The van der Waals surface area contributed by atoms with Gasteiger partial charge in [-0.2, -0.15) is 5.01 Å². The van der Waals surface area contributed by atoms with Crippen LogP contribution in [0.4, 0.5) is 0 Å². The molecule has 1 amide bonds. The highest BCUT2D eigenvalue weighted by Gasteiger charge is 2.34. The number of carbonyl (C=O) groups excluding carboxylic acids is 1. The number of amides is 1. The van der Waals surface area contributed by atoms with Crippen LogP contribution in [0.2, 0.25) is 10.0 Å². The van der Waals surface area contributed by atoms with Crippen molar-refractivity contribution in [1.82, 2.24) is 9.99 Å². The van der Waals surface area contributed by atoms with Crippen LogP contribution in [0, 0.1) is 6.92 Å². The summed E-state index contributed by atoms with van der Waals surface area (Å²) < 4.78 is 5.86. The molecule has 0 bridgehead atoms. The average molecular weight is 350 g/mol. The van der Waals surface area contributed by atoms with E-state index in [1.807, 2.05) is 19.1 Å². The van der Waals surface area contributed by atoms with E-state index >= 15 is 0 Å². The van der Waals surface area contributed by atoms with Crippen LogP contribution in [0.5, 0.6) is 0 Å². The fourth-order valence-corrected chi connectivity index (χ4v) is 2.68. The van der Waals surface area contributed by atoms with Crippen molar-refractivity contribution in [3.05, 3.63) is 63.4 Å². The predicted molar refractivity (Wildman–Crippen MR) is 88.3 cm³/mol. The number of hydrogen-bond acceptors (Lipinski definition) is 4. The van der Waals surface area contributed by atoms with Gasteiger partial charge in [-0.05, 0) is 31.2 Å². The van der Waals surface area contributed by atoms with Gasteiger partial charge in [-0.3, -0.25) is 9.78 Å². The number of halogens is 2. The lowest BCUT2D eigenvalue weighted by molar-refractivity contribution is -0.135. The van der Waals surface area contributed by atoms with Gasteiger partial charge in [0.1, 0.15) is 0 Å². The molecule has 3 rings (SSSR count). The van der Waals surface area contributed by atoms with Gasteiger partial charge in [-0.15, -0.1) is 5.10 Å². The molecule has 2 heterocycles. The topological polar surface area (TPSA) is 54.8 Å². The van der Waals surface area contributed by atoms with Crippen LogP contribution in [0.25, 0.3) is 0 Å². The maximum atomic E-state index is 11.9. The van der Waals surface area contributed by atoms with Gasteiger partial charge < -0.3 is 4.74 Å². The summed E-state index contributed by atoms with van der Waals surface area (Å²) in [5, 5.41) is 6.43. The van der Waals surface area contributed by atoms with Gasteiger partial charge in [0.2, 0.25) is 18.0 Å². The van der Waals surface area contributed by atoms with E-state index in [1.54, 1.807) is 24.4 Å². The Labute approximate surface area is 143 Å². The molecule has 0 aliphatic carbocycles. The Hall–Kier alpha value is -2.11. The third-order valence-electron chi connectivity index (χ3n) is 3.35. The van der Waals surface area contributed by atoms with E-state index in [4.69, 9.17) is 27.9 Å². The van der Waals surface area contributed by atoms with Crippen molar-refractivity contribution in [3.8, 4) is 0 Å². The molecular weight excluding hydrogens is 337 g/mol. The molecule has 1 atom stereocenters. The number of nitrogens with zero attached hydrogens (tertiary/aromatic N) is 3. The number of hydrogen-bond donors (Lipinski definition) is 0. The van der Waals surface area contributed by atoms with Crippen molar-refractivity contribution in [3.63, 3.8) is 0 Å². The van der Waals surface area contributed by atoms with E-state index in [2.05, 4.69) is 10.1 Å². The van der Waals surface area contributed by atoms with Crippen LogP contribution in [0.1, 0.15) is 30.0 Å². The van der Waals surface area contributed by atoms with Gasteiger partial charge >= 0.3 is 0 Å². The first-order chi connectivity index (χ1) is 11.0. The number of ether oxygens (including phenoxy) is 1. The Morgan fingerprint density at radius 1 is 1.26 bits per heavy atom. The van der Waals surface area contributed by atoms with Crippen LogP contribution in [-0.4, -0.2) is 21.8 Å². The van der Waals surface area contributed by atoms with E-state index in [1.165, 1.54) is 11.9 Å². The van der Waals surface area contributed by atoms with Gasteiger partial charge in [-0.1, -0.05) is 29.3 Å². The summed E-state index contributed by atoms with van der Waals surface area (Å²) in [5.41, 5.74) is 2.19. The Kier molecular flexibility index (Phi) is 4.24. The molecule has 1 aromatic heterocycles. The third-order valence-corrected chi connectivity index (χ3v) is 3.92. The summed E-state index contributed by atoms with van der Waals surface area (Å²) >= 11 is 12.1. The van der Waals surface area contributed by atoms with Gasteiger partial charge in [0.25, 0.3) is 0 Å². The molecule has 0 spiro atoms. The highest BCUT2D eigenvalue weighted by molar-refractivity contribution is 6.35. The number of benzene rings is 1. The van der Waals surface area contributed by atoms with Crippen LogP contribution in [0.15, 0.2) is 41.6 Å². The molecular formula is C16H13Cl2N3O2. The molecule has 23 heavy (non-hydrogen) atoms. The summed E-state index contributed by atoms with van der Waals surface area (Å²) in [6.07, 6.45) is 0.923. The normalized spacial score (nSPS) is 17.0. The molecule has 0 saturated heterocycles. The Balaban J connectivity index is 1.97. The van der Waals surface area contributed by atoms with Crippen molar-refractivity contribution in [1.29, 1.82) is 0 Å². The van der Waals surface area contributed by atoms with Gasteiger partial charge in [-0.25, -0.2) is 0 Å². The summed E-state index contributed by atoms with van der Waals surface area (Å²) in [6.45, 7) is 3.30. The second-order valence-electron chi connectivity index (χ2n) is 5.09. The summed E-state index contributed by atoms with van der Waals surface area (Å²) in [7, 11) is 0. The van der Waals surface area contributed by atoms with Crippen LogP contribution in [0.3, 0.4) is 0 Å². The standard InChI is InChI=1S/C16H13Cl2N3O2/c1-9-3-4-11(8-19-9)15-20-21(10(2)22)16(23-15)13-6-5-12(17)7-14(13)18/h3-8,16H,1-2H3. The molecule has 0 radical (unpaired) electrons. The SMILES string of the molecule is CC(=O)N1N=C(c2ccc(C)nc2)OC1c1ccc(Cl)cc1Cl. The number of rotatable bonds is 2. The first-order valence-electron chi connectivity index (χ1n) is 6.89. The molecule has 2 aromatic rings. The second kappa shape index (κ2) is 6.18. The Morgan fingerprint density at radius 3 is 2.65 bits per heavy atom. The lowest BCUT2D eigenvalue weighted by Gasteiger charge is -2.20. The lowest BCUT2D eigenvalue weighted by Crippen LogP contribution is -2.25. The molecule has 1 aliphatic rings. The minimum Gasteiger partial charge on any atom is -0.446 e. The lowest BCUT2D eigenvalue weighted by atomic mass is 10.2. The monoisotopic (exact) mass is 349 g/mol.